The second kappa shape index (κ2) is 7.78. The lowest BCUT2D eigenvalue weighted by Crippen LogP contribution is -2.02. The highest BCUT2D eigenvalue weighted by Crippen LogP contribution is 2.28. The zero-order chi connectivity index (χ0) is 22.5. The third-order valence-electron chi connectivity index (χ3n) is 7.22. The summed E-state index contributed by atoms with van der Waals surface area (Å²) in [5.41, 5.74) is 10.8. The molecule has 1 aliphatic heterocycles. The molecule has 2 nitrogen and oxygen atoms in total. The van der Waals surface area contributed by atoms with Crippen molar-refractivity contribution in [1.29, 1.82) is 0 Å². The Balaban J connectivity index is 1.43. The number of benzene rings is 4. The molecule has 8 bridgehead atoms. The van der Waals surface area contributed by atoms with Crippen LogP contribution < -0.4 is 0 Å². The lowest BCUT2D eigenvalue weighted by molar-refractivity contribution is 0.810. The highest BCUT2D eigenvalue weighted by molar-refractivity contribution is 5.85. The van der Waals surface area contributed by atoms with Crippen LogP contribution in [0.2, 0.25) is 0 Å². The maximum Gasteiger partial charge on any atom is 0.0486 e. The first-order chi connectivity index (χ1) is 16.8. The van der Waals surface area contributed by atoms with Gasteiger partial charge in [0, 0.05) is 47.3 Å². The zero-order valence-corrected chi connectivity index (χ0v) is 19.1. The summed E-state index contributed by atoms with van der Waals surface area (Å²) in [7, 11) is 0. The summed E-state index contributed by atoms with van der Waals surface area (Å²) in [4.78, 5) is 0. The Hall–Kier alpha value is -4.04. The smallest absolute Gasteiger partial charge is 0.0486 e. The van der Waals surface area contributed by atoms with Crippen molar-refractivity contribution in [2.45, 2.75) is 25.9 Å². The monoisotopic (exact) mass is 438 g/mol. The van der Waals surface area contributed by atoms with E-state index in [0.717, 1.165) is 25.9 Å². The second-order valence-corrected chi connectivity index (χ2v) is 9.59. The molecular weight excluding hydrogens is 412 g/mol. The van der Waals surface area contributed by atoms with Crippen molar-refractivity contribution in [3.8, 4) is 0 Å². The Morgan fingerprint density at radius 3 is 1.41 bits per heavy atom. The van der Waals surface area contributed by atoms with Crippen molar-refractivity contribution >= 4 is 21.8 Å². The fraction of sp³-hybridized carbons (Fsp3) is 0.125. The molecule has 6 aromatic rings. The third kappa shape index (κ3) is 3.34. The van der Waals surface area contributed by atoms with Crippen molar-refractivity contribution in [3.05, 3.63) is 143 Å². The van der Waals surface area contributed by atoms with Crippen LogP contribution in [0.4, 0.5) is 0 Å². The molecule has 2 aromatic heterocycles. The van der Waals surface area contributed by atoms with Crippen molar-refractivity contribution < 1.29 is 0 Å². The molecular formula is C32H26N2. The molecule has 7 rings (SSSR count). The number of fused-ring (bicyclic) bond motifs is 14. The SMILES string of the molecule is c1cc2cc(c1)Cc1cn(c3ccccc13)Cc1cccc(c1)Cn1cc(c3ccccc31)C2. The van der Waals surface area contributed by atoms with Gasteiger partial charge < -0.3 is 9.13 Å². The van der Waals surface area contributed by atoms with E-state index in [9.17, 15) is 0 Å². The lowest BCUT2D eigenvalue weighted by atomic mass is 9.99. The average molecular weight is 439 g/mol. The van der Waals surface area contributed by atoms with Crippen LogP contribution in [0.5, 0.6) is 0 Å². The van der Waals surface area contributed by atoms with Gasteiger partial charge in [-0.25, -0.2) is 0 Å². The molecule has 0 amide bonds. The van der Waals surface area contributed by atoms with Gasteiger partial charge in [0.15, 0.2) is 0 Å². The highest BCUT2D eigenvalue weighted by Gasteiger charge is 2.13. The minimum Gasteiger partial charge on any atom is -0.343 e. The number of hydrogen-bond donors (Lipinski definition) is 0. The first-order valence-corrected chi connectivity index (χ1v) is 12.1. The Kier molecular flexibility index (Phi) is 4.44. The fourth-order valence-electron chi connectivity index (χ4n) is 5.70. The van der Waals surface area contributed by atoms with Gasteiger partial charge in [0.25, 0.3) is 0 Å². The van der Waals surface area contributed by atoms with Crippen molar-refractivity contribution in [1.82, 2.24) is 9.13 Å². The van der Waals surface area contributed by atoms with Crippen molar-refractivity contribution in [2.24, 2.45) is 0 Å². The number of para-hydroxylation sites is 2. The van der Waals surface area contributed by atoms with Crippen LogP contribution in [-0.2, 0) is 25.9 Å². The maximum absolute atomic E-state index is 2.42. The Morgan fingerprint density at radius 1 is 0.441 bits per heavy atom. The van der Waals surface area contributed by atoms with E-state index in [1.165, 1.54) is 55.2 Å². The van der Waals surface area contributed by atoms with E-state index in [4.69, 9.17) is 0 Å². The molecule has 164 valence electrons. The molecule has 0 saturated carbocycles. The standard InChI is InChI=1S/C32H26N2/c1-3-13-31-29(11-1)27-17-23-7-5-8-24(15-23)18-28-22-34(32-14-4-2-12-30(28)32)20-26-10-6-9-25(16-26)19-33(31)21-27/h1-16,21-22H,17-20H2. The Morgan fingerprint density at radius 2 is 0.882 bits per heavy atom. The predicted molar refractivity (Wildman–Crippen MR) is 141 cm³/mol. The molecule has 4 aromatic carbocycles. The van der Waals surface area contributed by atoms with Gasteiger partial charge in [-0.15, -0.1) is 0 Å². The number of aromatic nitrogens is 2. The minimum atomic E-state index is 0.881. The fourth-order valence-corrected chi connectivity index (χ4v) is 5.70. The molecule has 0 fully saturated rings. The topological polar surface area (TPSA) is 9.86 Å². The molecule has 0 radical (unpaired) electrons. The summed E-state index contributed by atoms with van der Waals surface area (Å²) in [6, 6.07) is 35.9. The molecule has 0 atom stereocenters. The van der Waals surface area contributed by atoms with Gasteiger partial charge in [0.2, 0.25) is 0 Å². The molecule has 1 aliphatic rings. The van der Waals surface area contributed by atoms with Crippen LogP contribution in [0.25, 0.3) is 21.8 Å². The molecule has 0 spiro atoms. The van der Waals surface area contributed by atoms with E-state index in [1.807, 2.05) is 0 Å². The lowest BCUT2D eigenvalue weighted by Gasteiger charge is -2.10. The van der Waals surface area contributed by atoms with E-state index in [-0.39, 0.29) is 0 Å². The number of hydrogen-bond acceptors (Lipinski definition) is 0. The molecule has 0 unspecified atom stereocenters. The number of rotatable bonds is 0. The Bertz CT molecular complexity index is 1430. The number of nitrogens with zero attached hydrogens (tertiary/aromatic N) is 2. The summed E-state index contributed by atoms with van der Waals surface area (Å²) in [5.74, 6) is 0. The van der Waals surface area contributed by atoms with Crippen LogP contribution in [0, 0.1) is 0 Å². The van der Waals surface area contributed by atoms with Gasteiger partial charge in [-0.3, -0.25) is 0 Å². The summed E-state index contributed by atoms with van der Waals surface area (Å²) in [5, 5.41) is 2.71. The first kappa shape index (κ1) is 19.4. The average Bonchev–Trinajstić information content (AvgIpc) is 3.37. The van der Waals surface area contributed by atoms with Crippen LogP contribution in [0.3, 0.4) is 0 Å². The van der Waals surface area contributed by atoms with E-state index in [1.54, 1.807) is 0 Å². The maximum atomic E-state index is 2.42. The summed E-state index contributed by atoms with van der Waals surface area (Å²) >= 11 is 0. The minimum absolute atomic E-state index is 0.881. The van der Waals surface area contributed by atoms with E-state index >= 15 is 0 Å². The Labute approximate surface area is 199 Å². The van der Waals surface area contributed by atoms with Crippen molar-refractivity contribution in [2.75, 3.05) is 0 Å². The second-order valence-electron chi connectivity index (χ2n) is 9.59. The molecule has 0 saturated heterocycles. The van der Waals surface area contributed by atoms with Gasteiger partial charge >= 0.3 is 0 Å². The van der Waals surface area contributed by atoms with Gasteiger partial charge in [-0.05, 0) is 58.4 Å². The summed E-state index contributed by atoms with van der Waals surface area (Å²) in [6.07, 6.45) is 6.62. The van der Waals surface area contributed by atoms with Crippen molar-refractivity contribution in [3.63, 3.8) is 0 Å². The first-order valence-electron chi connectivity index (χ1n) is 12.1. The van der Waals surface area contributed by atoms with Crippen LogP contribution in [0.15, 0.2) is 109 Å². The van der Waals surface area contributed by atoms with Crippen LogP contribution in [-0.4, -0.2) is 9.13 Å². The molecule has 3 heterocycles. The van der Waals surface area contributed by atoms with E-state index < -0.39 is 0 Å². The largest absolute Gasteiger partial charge is 0.343 e. The highest BCUT2D eigenvalue weighted by atomic mass is 15.0. The molecule has 0 aliphatic carbocycles. The predicted octanol–water partition coefficient (Wildman–Crippen LogP) is 7.19. The summed E-state index contributed by atoms with van der Waals surface area (Å²) in [6.45, 7) is 1.76. The third-order valence-corrected chi connectivity index (χ3v) is 7.22. The quantitative estimate of drug-likeness (QED) is 0.237. The van der Waals surface area contributed by atoms with E-state index in [0.29, 0.717) is 0 Å². The normalized spacial score (nSPS) is 13.4. The van der Waals surface area contributed by atoms with E-state index in [2.05, 4.69) is 119 Å². The summed E-state index contributed by atoms with van der Waals surface area (Å²) < 4.78 is 4.84. The molecule has 2 heteroatoms. The zero-order valence-electron chi connectivity index (χ0n) is 19.1. The van der Waals surface area contributed by atoms with Crippen LogP contribution in [0.1, 0.15) is 33.4 Å². The molecule has 34 heavy (non-hydrogen) atoms. The molecule has 0 N–H and O–H groups in total. The van der Waals surface area contributed by atoms with Gasteiger partial charge in [-0.1, -0.05) is 84.9 Å². The van der Waals surface area contributed by atoms with Gasteiger partial charge in [0.1, 0.15) is 0 Å². The van der Waals surface area contributed by atoms with Gasteiger partial charge in [-0.2, -0.15) is 0 Å². The van der Waals surface area contributed by atoms with Gasteiger partial charge in [0.05, 0.1) is 0 Å². The van der Waals surface area contributed by atoms with Crippen LogP contribution >= 0.6 is 0 Å².